The molecule has 4 aromatic heterocycles. The highest BCUT2D eigenvalue weighted by molar-refractivity contribution is 7.06. The van der Waals surface area contributed by atoms with Gasteiger partial charge < -0.3 is 10.1 Å². The Balaban J connectivity index is 1.31. The quantitative estimate of drug-likeness (QED) is 0.392. The number of amides is 1. The van der Waals surface area contributed by atoms with Crippen LogP contribution in [-0.4, -0.2) is 30.2 Å². The molecule has 0 aliphatic carbocycles. The van der Waals surface area contributed by atoms with Gasteiger partial charge in [0.1, 0.15) is 5.75 Å². The minimum absolute atomic E-state index is 0.243. The molecule has 33 heavy (non-hydrogen) atoms. The Morgan fingerprint density at radius 1 is 1.00 bits per heavy atom. The van der Waals surface area contributed by atoms with E-state index in [9.17, 15) is 4.79 Å². The lowest BCUT2D eigenvalue weighted by Gasteiger charge is -2.08. The molecule has 0 radical (unpaired) electrons. The van der Waals surface area contributed by atoms with Gasteiger partial charge in [0.25, 0.3) is 5.91 Å². The summed E-state index contributed by atoms with van der Waals surface area (Å²) in [6.07, 6.45) is 7.03. The molecule has 0 saturated heterocycles. The molecule has 0 aliphatic heterocycles. The Hall–Kier alpha value is -4.24. The van der Waals surface area contributed by atoms with Gasteiger partial charge in [-0.3, -0.25) is 14.8 Å². The Morgan fingerprint density at radius 2 is 1.88 bits per heavy atom. The summed E-state index contributed by atoms with van der Waals surface area (Å²) >= 11 is 1.30. The van der Waals surface area contributed by atoms with Gasteiger partial charge in [-0.1, -0.05) is 12.1 Å². The van der Waals surface area contributed by atoms with Gasteiger partial charge in [0, 0.05) is 29.8 Å². The van der Waals surface area contributed by atoms with Crippen molar-refractivity contribution in [3.63, 3.8) is 0 Å². The lowest BCUT2D eigenvalue weighted by Crippen LogP contribution is -2.14. The molecule has 4 heterocycles. The molecule has 8 nitrogen and oxygen atoms in total. The summed E-state index contributed by atoms with van der Waals surface area (Å²) in [7, 11) is 0. The van der Waals surface area contributed by atoms with Crippen LogP contribution in [0.2, 0.25) is 0 Å². The van der Waals surface area contributed by atoms with E-state index in [4.69, 9.17) is 4.74 Å². The summed E-state index contributed by atoms with van der Waals surface area (Å²) in [6, 6.07) is 14.7. The zero-order valence-electron chi connectivity index (χ0n) is 17.6. The number of carbonyl (C=O) groups is 1. The zero-order valence-corrected chi connectivity index (χ0v) is 18.4. The van der Waals surface area contributed by atoms with E-state index in [2.05, 4.69) is 29.6 Å². The molecule has 1 N–H and O–H groups in total. The number of pyridine rings is 2. The molecule has 0 bridgehead atoms. The predicted octanol–water partition coefficient (Wildman–Crippen LogP) is 4.82. The number of para-hydroxylation sites is 2. The summed E-state index contributed by atoms with van der Waals surface area (Å²) < 4.78 is 10.0. The molecule has 9 heteroatoms. The van der Waals surface area contributed by atoms with Crippen LogP contribution < -0.4 is 10.1 Å². The summed E-state index contributed by atoms with van der Waals surface area (Å²) in [5.74, 6) is 0.751. The fourth-order valence-electron chi connectivity index (χ4n) is 3.31. The van der Waals surface area contributed by atoms with Gasteiger partial charge in [0.15, 0.2) is 0 Å². The lowest BCUT2D eigenvalue weighted by atomic mass is 10.1. The smallest absolute Gasteiger partial charge is 0.258 e. The summed E-state index contributed by atoms with van der Waals surface area (Å²) in [4.78, 5) is 31.3. The first-order valence-electron chi connectivity index (χ1n) is 10.2. The number of carbonyl (C=O) groups excluding carboxylic acids is 1. The summed E-state index contributed by atoms with van der Waals surface area (Å²) in [5.41, 5.74) is 4.21. The number of nitrogens with one attached hydrogen (secondary N) is 1. The number of ether oxygens (including phenoxy) is 1. The standard InChI is InChI=1S/C24H18N6O2S/c1-15-23(21(33-30-15)11-17-13-26-19-6-2-3-7-20(19)28-17)24(31)29-16-8-9-22(27-12-16)32-18-5-4-10-25-14-18/h2-10,12-14H,11H2,1H3,(H,29,31). The average Bonchev–Trinajstić information content (AvgIpc) is 3.21. The van der Waals surface area contributed by atoms with Crippen molar-refractivity contribution in [2.45, 2.75) is 13.3 Å². The predicted molar refractivity (Wildman–Crippen MR) is 126 cm³/mol. The first-order valence-corrected chi connectivity index (χ1v) is 10.9. The molecule has 0 fully saturated rings. The lowest BCUT2D eigenvalue weighted by molar-refractivity contribution is 0.102. The second-order valence-electron chi connectivity index (χ2n) is 7.22. The van der Waals surface area contributed by atoms with Crippen molar-refractivity contribution in [3.8, 4) is 11.6 Å². The second kappa shape index (κ2) is 9.09. The van der Waals surface area contributed by atoms with Gasteiger partial charge in [-0.25, -0.2) is 9.97 Å². The maximum atomic E-state index is 13.0. The van der Waals surface area contributed by atoms with E-state index in [1.54, 1.807) is 49.1 Å². The van der Waals surface area contributed by atoms with Gasteiger partial charge in [0.05, 0.1) is 46.1 Å². The molecule has 0 spiro atoms. The van der Waals surface area contributed by atoms with Crippen molar-refractivity contribution in [3.05, 3.63) is 95.1 Å². The van der Waals surface area contributed by atoms with Gasteiger partial charge in [-0.05, 0) is 48.8 Å². The number of rotatable bonds is 6. The molecule has 162 valence electrons. The van der Waals surface area contributed by atoms with Crippen LogP contribution in [0.4, 0.5) is 5.69 Å². The largest absolute Gasteiger partial charge is 0.437 e. The van der Waals surface area contributed by atoms with Crippen LogP contribution in [0, 0.1) is 6.92 Å². The van der Waals surface area contributed by atoms with Gasteiger partial charge in [0.2, 0.25) is 5.88 Å². The average molecular weight is 455 g/mol. The topological polar surface area (TPSA) is 103 Å². The van der Waals surface area contributed by atoms with E-state index < -0.39 is 0 Å². The number of benzene rings is 1. The molecular weight excluding hydrogens is 436 g/mol. The minimum Gasteiger partial charge on any atom is -0.437 e. The molecule has 0 atom stereocenters. The third-order valence-electron chi connectivity index (χ3n) is 4.85. The van der Waals surface area contributed by atoms with E-state index in [0.29, 0.717) is 35.0 Å². The van der Waals surface area contributed by atoms with Crippen molar-refractivity contribution < 1.29 is 9.53 Å². The maximum absolute atomic E-state index is 13.0. The number of aryl methyl sites for hydroxylation is 1. The van der Waals surface area contributed by atoms with Crippen LogP contribution in [0.1, 0.15) is 26.6 Å². The van der Waals surface area contributed by atoms with Gasteiger partial charge >= 0.3 is 0 Å². The third-order valence-corrected chi connectivity index (χ3v) is 5.79. The highest BCUT2D eigenvalue weighted by Gasteiger charge is 2.19. The van der Waals surface area contributed by atoms with Crippen molar-refractivity contribution in [1.29, 1.82) is 0 Å². The molecule has 0 unspecified atom stereocenters. The number of nitrogens with zero attached hydrogens (tertiary/aromatic N) is 5. The molecule has 0 aliphatic rings. The Labute approximate surface area is 193 Å². The number of hydrogen-bond acceptors (Lipinski definition) is 8. The molecule has 0 saturated carbocycles. The van der Waals surface area contributed by atoms with E-state index in [1.807, 2.05) is 31.2 Å². The summed E-state index contributed by atoms with van der Waals surface area (Å²) in [5, 5.41) is 2.89. The molecule has 5 aromatic rings. The van der Waals surface area contributed by atoms with Crippen molar-refractivity contribution in [1.82, 2.24) is 24.3 Å². The van der Waals surface area contributed by atoms with E-state index >= 15 is 0 Å². The number of anilines is 1. The van der Waals surface area contributed by atoms with Crippen LogP contribution in [0.3, 0.4) is 0 Å². The van der Waals surface area contributed by atoms with Crippen LogP contribution >= 0.6 is 11.5 Å². The van der Waals surface area contributed by atoms with E-state index in [0.717, 1.165) is 21.6 Å². The Bertz CT molecular complexity index is 1420. The minimum atomic E-state index is -0.243. The van der Waals surface area contributed by atoms with E-state index in [1.165, 1.54) is 11.5 Å². The van der Waals surface area contributed by atoms with Crippen molar-refractivity contribution >= 4 is 34.2 Å². The Morgan fingerprint density at radius 3 is 2.67 bits per heavy atom. The zero-order chi connectivity index (χ0) is 22.6. The van der Waals surface area contributed by atoms with Crippen LogP contribution in [0.25, 0.3) is 11.0 Å². The number of aromatic nitrogens is 5. The SMILES string of the molecule is Cc1nsc(Cc2cnc3ccccc3n2)c1C(=O)Nc1ccc(Oc2cccnc2)nc1. The van der Waals surface area contributed by atoms with Crippen LogP contribution in [0.5, 0.6) is 11.6 Å². The van der Waals surface area contributed by atoms with Crippen molar-refractivity contribution in [2.75, 3.05) is 5.32 Å². The normalized spacial score (nSPS) is 10.8. The van der Waals surface area contributed by atoms with Crippen LogP contribution in [0.15, 0.2) is 73.3 Å². The van der Waals surface area contributed by atoms with E-state index in [-0.39, 0.29) is 5.91 Å². The molecule has 5 rings (SSSR count). The third kappa shape index (κ3) is 4.68. The highest BCUT2D eigenvalue weighted by Crippen LogP contribution is 2.24. The summed E-state index contributed by atoms with van der Waals surface area (Å²) in [6.45, 7) is 1.82. The number of fused-ring (bicyclic) bond motifs is 1. The highest BCUT2D eigenvalue weighted by atomic mass is 32.1. The van der Waals surface area contributed by atoms with Gasteiger partial charge in [-0.15, -0.1) is 0 Å². The molecular formula is C24H18N6O2S. The fraction of sp³-hybridized carbons (Fsp3) is 0.0833. The van der Waals surface area contributed by atoms with Crippen molar-refractivity contribution in [2.24, 2.45) is 0 Å². The maximum Gasteiger partial charge on any atom is 0.258 e. The molecule has 1 aromatic carbocycles. The monoisotopic (exact) mass is 454 g/mol. The van der Waals surface area contributed by atoms with Gasteiger partial charge in [-0.2, -0.15) is 4.37 Å². The number of hydrogen-bond donors (Lipinski definition) is 1. The fourth-order valence-corrected chi connectivity index (χ4v) is 4.19. The van der Waals surface area contributed by atoms with Crippen LogP contribution in [-0.2, 0) is 6.42 Å². The second-order valence-corrected chi connectivity index (χ2v) is 8.08. The molecule has 1 amide bonds. The first-order chi connectivity index (χ1) is 16.2. The Kier molecular flexibility index (Phi) is 5.69. The first kappa shape index (κ1) is 20.7.